The summed E-state index contributed by atoms with van der Waals surface area (Å²) in [7, 11) is -0.100. The summed E-state index contributed by atoms with van der Waals surface area (Å²) < 4.78 is 18.5. The van der Waals surface area contributed by atoms with Crippen molar-refractivity contribution in [2.75, 3.05) is 20.3 Å². The molecule has 0 aromatic heterocycles. The van der Waals surface area contributed by atoms with E-state index in [2.05, 4.69) is 4.90 Å². The molecule has 1 aliphatic carbocycles. The van der Waals surface area contributed by atoms with E-state index in [9.17, 15) is 4.39 Å². The highest BCUT2D eigenvalue weighted by Gasteiger charge is 2.29. The first kappa shape index (κ1) is 14.5. The number of methoxy groups -OCH3 is 1. The largest absolute Gasteiger partial charge is 0.491 e. The van der Waals surface area contributed by atoms with Crippen LogP contribution in [0.15, 0.2) is 18.2 Å². The SMILES string of the molecule is COCCN(Cc1ccc(F)c(B(O)O)c1)C1CC1. The quantitative estimate of drug-likeness (QED) is 0.689. The fraction of sp³-hybridized carbons (Fsp3) is 0.538. The first-order chi connectivity index (χ1) is 9.11. The summed E-state index contributed by atoms with van der Waals surface area (Å²) in [5.41, 5.74) is 0.812. The summed E-state index contributed by atoms with van der Waals surface area (Å²) in [6.07, 6.45) is 2.36. The molecule has 0 amide bonds. The van der Waals surface area contributed by atoms with Crippen LogP contribution < -0.4 is 5.46 Å². The predicted octanol–water partition coefficient (Wildman–Crippen LogP) is 0.116. The smallest absolute Gasteiger partial charge is 0.423 e. The molecule has 0 aliphatic heterocycles. The zero-order chi connectivity index (χ0) is 13.8. The van der Waals surface area contributed by atoms with E-state index >= 15 is 0 Å². The topological polar surface area (TPSA) is 52.9 Å². The maximum atomic E-state index is 13.4. The van der Waals surface area contributed by atoms with E-state index in [1.807, 2.05) is 0 Å². The minimum Gasteiger partial charge on any atom is -0.423 e. The van der Waals surface area contributed by atoms with Gasteiger partial charge in [-0.3, -0.25) is 4.90 Å². The van der Waals surface area contributed by atoms with Crippen LogP contribution in [0.2, 0.25) is 0 Å². The number of nitrogens with zero attached hydrogens (tertiary/aromatic N) is 1. The minimum atomic E-state index is -1.77. The fourth-order valence-electron chi connectivity index (χ4n) is 2.16. The monoisotopic (exact) mass is 267 g/mol. The Kier molecular flexibility index (Phi) is 4.93. The molecular weight excluding hydrogens is 248 g/mol. The lowest BCUT2D eigenvalue weighted by atomic mass is 9.79. The maximum absolute atomic E-state index is 13.4. The third-order valence-electron chi connectivity index (χ3n) is 3.37. The standard InChI is InChI=1S/C13H19BFNO3/c1-19-7-6-16(11-3-4-11)9-10-2-5-13(15)12(8-10)14(17)18/h2,5,8,11,17-18H,3-4,6-7,9H2,1H3. The molecule has 0 radical (unpaired) electrons. The van der Waals surface area contributed by atoms with E-state index in [1.165, 1.54) is 25.0 Å². The van der Waals surface area contributed by atoms with Crippen LogP contribution in [0.5, 0.6) is 0 Å². The number of rotatable bonds is 7. The summed E-state index contributed by atoms with van der Waals surface area (Å²) in [6, 6.07) is 5.06. The van der Waals surface area contributed by atoms with Crippen LogP contribution >= 0.6 is 0 Å². The van der Waals surface area contributed by atoms with Crippen molar-refractivity contribution < 1.29 is 19.2 Å². The molecule has 2 N–H and O–H groups in total. The molecule has 1 fully saturated rings. The summed E-state index contributed by atoms with van der Waals surface area (Å²) in [6.45, 7) is 2.16. The van der Waals surface area contributed by atoms with Gasteiger partial charge in [-0.1, -0.05) is 12.1 Å². The second-order valence-electron chi connectivity index (χ2n) is 4.92. The minimum absolute atomic E-state index is 0.0695. The molecule has 1 aromatic rings. The average Bonchev–Trinajstić information content (AvgIpc) is 3.20. The van der Waals surface area contributed by atoms with Gasteiger partial charge in [-0.25, -0.2) is 4.39 Å². The van der Waals surface area contributed by atoms with Crippen molar-refractivity contribution in [1.82, 2.24) is 4.90 Å². The molecule has 0 unspecified atom stereocenters. The van der Waals surface area contributed by atoms with Gasteiger partial charge in [-0.2, -0.15) is 0 Å². The van der Waals surface area contributed by atoms with Crippen molar-refractivity contribution >= 4 is 12.6 Å². The van der Waals surface area contributed by atoms with Crippen LogP contribution in [0.1, 0.15) is 18.4 Å². The Labute approximate surface area is 113 Å². The van der Waals surface area contributed by atoms with Gasteiger partial charge in [0.1, 0.15) is 5.82 Å². The van der Waals surface area contributed by atoms with Crippen LogP contribution in [0.4, 0.5) is 4.39 Å². The lowest BCUT2D eigenvalue weighted by Gasteiger charge is -2.22. The van der Waals surface area contributed by atoms with Crippen LogP contribution in [-0.2, 0) is 11.3 Å². The fourth-order valence-corrected chi connectivity index (χ4v) is 2.16. The highest BCUT2D eigenvalue weighted by atomic mass is 19.1. The number of ether oxygens (including phenoxy) is 1. The van der Waals surface area contributed by atoms with Gasteiger partial charge in [0.2, 0.25) is 0 Å². The molecule has 0 atom stereocenters. The Morgan fingerprint density at radius 1 is 1.42 bits per heavy atom. The Hall–Kier alpha value is -0.945. The number of benzene rings is 1. The normalized spacial score (nSPS) is 15.0. The van der Waals surface area contributed by atoms with Gasteiger partial charge in [0, 0.05) is 31.7 Å². The summed E-state index contributed by atoms with van der Waals surface area (Å²) in [5, 5.41) is 18.2. The van der Waals surface area contributed by atoms with Gasteiger partial charge >= 0.3 is 7.12 Å². The highest BCUT2D eigenvalue weighted by molar-refractivity contribution is 6.58. The molecule has 1 aromatic carbocycles. The van der Waals surface area contributed by atoms with Gasteiger partial charge in [-0.05, 0) is 24.5 Å². The maximum Gasteiger partial charge on any atom is 0.491 e. The molecule has 104 valence electrons. The molecule has 0 bridgehead atoms. The summed E-state index contributed by atoms with van der Waals surface area (Å²) >= 11 is 0. The summed E-state index contributed by atoms with van der Waals surface area (Å²) in [5.74, 6) is -0.589. The third-order valence-corrected chi connectivity index (χ3v) is 3.37. The number of halogens is 1. The Morgan fingerprint density at radius 2 is 2.16 bits per heavy atom. The molecule has 4 nitrogen and oxygen atoms in total. The zero-order valence-electron chi connectivity index (χ0n) is 11.1. The molecular formula is C13H19BFNO3. The van der Waals surface area contributed by atoms with E-state index in [4.69, 9.17) is 14.8 Å². The van der Waals surface area contributed by atoms with Gasteiger partial charge in [0.05, 0.1) is 6.61 Å². The van der Waals surface area contributed by atoms with Crippen LogP contribution in [0.25, 0.3) is 0 Å². The van der Waals surface area contributed by atoms with Crippen LogP contribution in [0.3, 0.4) is 0 Å². The molecule has 19 heavy (non-hydrogen) atoms. The molecule has 1 saturated carbocycles. The molecule has 0 saturated heterocycles. The van der Waals surface area contributed by atoms with Crippen molar-refractivity contribution in [2.45, 2.75) is 25.4 Å². The van der Waals surface area contributed by atoms with Crippen molar-refractivity contribution in [3.63, 3.8) is 0 Å². The molecule has 0 spiro atoms. The van der Waals surface area contributed by atoms with Gasteiger partial charge < -0.3 is 14.8 Å². The van der Waals surface area contributed by atoms with Gasteiger partial charge in [0.15, 0.2) is 0 Å². The van der Waals surface area contributed by atoms with E-state index in [1.54, 1.807) is 13.2 Å². The van der Waals surface area contributed by atoms with Gasteiger partial charge in [0.25, 0.3) is 0 Å². The van der Waals surface area contributed by atoms with Crippen molar-refractivity contribution in [3.05, 3.63) is 29.6 Å². The highest BCUT2D eigenvalue weighted by Crippen LogP contribution is 2.27. The molecule has 6 heteroatoms. The Balaban J connectivity index is 2.06. The average molecular weight is 267 g/mol. The lowest BCUT2D eigenvalue weighted by Crippen LogP contribution is -2.34. The lowest BCUT2D eigenvalue weighted by molar-refractivity contribution is 0.139. The van der Waals surface area contributed by atoms with Crippen molar-refractivity contribution in [1.29, 1.82) is 0 Å². The summed E-state index contributed by atoms with van der Waals surface area (Å²) in [4.78, 5) is 2.28. The predicted molar refractivity (Wildman–Crippen MR) is 71.5 cm³/mol. The molecule has 1 aliphatic rings. The Morgan fingerprint density at radius 3 is 2.74 bits per heavy atom. The van der Waals surface area contributed by atoms with E-state index in [0.717, 1.165) is 12.1 Å². The third kappa shape index (κ3) is 4.01. The number of hydrogen-bond acceptors (Lipinski definition) is 4. The Bertz CT molecular complexity index is 426. The van der Waals surface area contributed by atoms with Crippen LogP contribution in [0, 0.1) is 5.82 Å². The van der Waals surface area contributed by atoms with Crippen LogP contribution in [-0.4, -0.2) is 48.4 Å². The second kappa shape index (κ2) is 6.48. The first-order valence-electron chi connectivity index (χ1n) is 6.49. The molecule has 0 heterocycles. The zero-order valence-corrected chi connectivity index (χ0v) is 11.1. The molecule has 2 rings (SSSR count). The van der Waals surface area contributed by atoms with E-state index in [0.29, 0.717) is 19.2 Å². The number of hydrogen-bond donors (Lipinski definition) is 2. The van der Waals surface area contributed by atoms with Crippen molar-refractivity contribution in [2.24, 2.45) is 0 Å². The first-order valence-corrected chi connectivity index (χ1v) is 6.49. The van der Waals surface area contributed by atoms with Crippen molar-refractivity contribution in [3.8, 4) is 0 Å². The van der Waals surface area contributed by atoms with Gasteiger partial charge in [-0.15, -0.1) is 0 Å². The second-order valence-corrected chi connectivity index (χ2v) is 4.92. The van der Waals surface area contributed by atoms with E-state index in [-0.39, 0.29) is 5.46 Å². The van der Waals surface area contributed by atoms with E-state index < -0.39 is 12.9 Å².